The highest BCUT2D eigenvalue weighted by atomic mass is 32.1. The first-order chi connectivity index (χ1) is 17.1. The Bertz CT molecular complexity index is 1380. The normalized spacial score (nSPS) is 13.1. The van der Waals surface area contributed by atoms with E-state index in [1.807, 2.05) is 61.5 Å². The van der Waals surface area contributed by atoms with E-state index in [9.17, 15) is 4.79 Å². The van der Waals surface area contributed by atoms with Crippen molar-refractivity contribution in [2.75, 3.05) is 18.7 Å². The highest BCUT2D eigenvalue weighted by molar-refractivity contribution is 7.22. The molecular formula is C28H27N3O3S. The Hall–Kier alpha value is -3.71. The van der Waals surface area contributed by atoms with Crippen molar-refractivity contribution in [1.82, 2.24) is 4.98 Å². The maximum Gasteiger partial charge on any atom is 0.280 e. The Balaban J connectivity index is 1.51. The van der Waals surface area contributed by atoms with Crippen LogP contribution in [0.4, 0.5) is 5.13 Å². The molecule has 1 aromatic heterocycles. The van der Waals surface area contributed by atoms with Crippen LogP contribution in [0.25, 0.3) is 10.2 Å². The van der Waals surface area contributed by atoms with Crippen LogP contribution >= 0.6 is 11.3 Å². The van der Waals surface area contributed by atoms with Crippen molar-refractivity contribution in [2.24, 2.45) is 5.10 Å². The third-order valence-electron chi connectivity index (χ3n) is 6.07. The van der Waals surface area contributed by atoms with E-state index < -0.39 is 0 Å². The number of hydrogen-bond acceptors (Lipinski definition) is 6. The van der Waals surface area contributed by atoms with Crippen LogP contribution in [0.15, 0.2) is 65.8 Å². The number of thiazole rings is 1. The van der Waals surface area contributed by atoms with E-state index in [0.29, 0.717) is 17.3 Å². The predicted molar refractivity (Wildman–Crippen MR) is 141 cm³/mol. The molecule has 1 aliphatic carbocycles. The van der Waals surface area contributed by atoms with Gasteiger partial charge in [-0.1, -0.05) is 17.4 Å². The van der Waals surface area contributed by atoms with E-state index >= 15 is 0 Å². The third-order valence-corrected chi connectivity index (χ3v) is 7.06. The largest absolute Gasteiger partial charge is 0.497 e. The lowest BCUT2D eigenvalue weighted by Crippen LogP contribution is -2.26. The second kappa shape index (κ2) is 10.3. The van der Waals surface area contributed by atoms with Gasteiger partial charge in [0.25, 0.3) is 5.91 Å². The van der Waals surface area contributed by atoms with Crippen molar-refractivity contribution in [3.8, 4) is 11.5 Å². The molecule has 4 aromatic rings. The fourth-order valence-electron chi connectivity index (χ4n) is 4.23. The summed E-state index contributed by atoms with van der Waals surface area (Å²) in [4.78, 5) is 18.4. The van der Waals surface area contributed by atoms with Crippen LogP contribution in [0, 0.1) is 0 Å². The Kier molecular flexibility index (Phi) is 6.77. The van der Waals surface area contributed by atoms with Crippen LogP contribution in [-0.2, 0) is 12.8 Å². The number of hydrazone groups is 1. The van der Waals surface area contributed by atoms with Crippen molar-refractivity contribution >= 4 is 38.8 Å². The van der Waals surface area contributed by atoms with Crippen LogP contribution < -0.4 is 14.5 Å². The first kappa shape index (κ1) is 23.1. The zero-order valence-electron chi connectivity index (χ0n) is 19.9. The molecule has 0 unspecified atom stereocenters. The highest BCUT2D eigenvalue weighted by Crippen LogP contribution is 2.33. The quantitative estimate of drug-likeness (QED) is 0.229. The molecule has 6 nitrogen and oxygen atoms in total. The van der Waals surface area contributed by atoms with Gasteiger partial charge in [-0.05, 0) is 104 Å². The molecule has 3 aromatic carbocycles. The Morgan fingerprint density at radius 1 is 1.03 bits per heavy atom. The average Bonchev–Trinajstić information content (AvgIpc) is 3.32. The van der Waals surface area contributed by atoms with E-state index in [-0.39, 0.29) is 5.91 Å². The van der Waals surface area contributed by atoms with Crippen LogP contribution in [-0.4, -0.2) is 30.8 Å². The SMILES string of the molecule is CCOc1ccc(/C=N/N(C(=O)c2ccc3c(c2)CCCC3)c2nc3ccc(OC)cc3s2)cc1. The molecule has 0 saturated carbocycles. The molecule has 1 heterocycles. The van der Waals surface area contributed by atoms with Gasteiger partial charge in [0.2, 0.25) is 5.13 Å². The van der Waals surface area contributed by atoms with Crippen molar-refractivity contribution in [3.05, 3.63) is 82.9 Å². The summed E-state index contributed by atoms with van der Waals surface area (Å²) in [6.07, 6.45) is 6.12. The Labute approximate surface area is 208 Å². The molecule has 5 rings (SSSR count). The van der Waals surface area contributed by atoms with Gasteiger partial charge < -0.3 is 9.47 Å². The van der Waals surface area contributed by atoms with Gasteiger partial charge >= 0.3 is 0 Å². The number of amides is 1. The van der Waals surface area contributed by atoms with Crippen molar-refractivity contribution in [2.45, 2.75) is 32.6 Å². The maximum absolute atomic E-state index is 13.7. The van der Waals surface area contributed by atoms with Gasteiger partial charge in [0.1, 0.15) is 11.5 Å². The number of ether oxygens (including phenoxy) is 2. The molecule has 7 heteroatoms. The van der Waals surface area contributed by atoms with E-state index in [1.54, 1.807) is 13.3 Å². The highest BCUT2D eigenvalue weighted by Gasteiger charge is 2.22. The number of methoxy groups -OCH3 is 1. The fraction of sp³-hybridized carbons (Fsp3) is 0.250. The number of aryl methyl sites for hydroxylation is 2. The van der Waals surface area contributed by atoms with Crippen molar-refractivity contribution < 1.29 is 14.3 Å². The summed E-state index contributed by atoms with van der Waals surface area (Å²) in [7, 11) is 1.64. The minimum atomic E-state index is -0.202. The number of hydrogen-bond donors (Lipinski definition) is 0. The lowest BCUT2D eigenvalue weighted by Gasteiger charge is -2.18. The molecule has 35 heavy (non-hydrogen) atoms. The zero-order chi connectivity index (χ0) is 24.2. The molecule has 178 valence electrons. The van der Waals surface area contributed by atoms with Crippen LogP contribution in [0.5, 0.6) is 11.5 Å². The van der Waals surface area contributed by atoms with Crippen LogP contribution in [0.2, 0.25) is 0 Å². The first-order valence-electron chi connectivity index (χ1n) is 11.8. The van der Waals surface area contributed by atoms with Gasteiger partial charge in [-0.25, -0.2) is 4.98 Å². The monoisotopic (exact) mass is 485 g/mol. The number of rotatable bonds is 7. The molecule has 0 N–H and O–H groups in total. The van der Waals surface area contributed by atoms with E-state index in [4.69, 9.17) is 14.5 Å². The Morgan fingerprint density at radius 2 is 1.80 bits per heavy atom. The summed E-state index contributed by atoms with van der Waals surface area (Å²) in [5, 5.41) is 6.51. The molecule has 0 aliphatic heterocycles. The number of benzene rings is 3. The van der Waals surface area contributed by atoms with Gasteiger partial charge in [0.05, 0.1) is 30.1 Å². The summed E-state index contributed by atoms with van der Waals surface area (Å²) < 4.78 is 11.8. The molecule has 0 bridgehead atoms. The van der Waals surface area contributed by atoms with Gasteiger partial charge in [0.15, 0.2) is 0 Å². The molecule has 1 aliphatic rings. The topological polar surface area (TPSA) is 64.0 Å². The van der Waals surface area contributed by atoms with E-state index in [2.05, 4.69) is 11.2 Å². The number of anilines is 1. The first-order valence-corrected chi connectivity index (χ1v) is 12.6. The van der Waals surface area contributed by atoms with Crippen molar-refractivity contribution in [3.63, 3.8) is 0 Å². The van der Waals surface area contributed by atoms with Crippen molar-refractivity contribution in [1.29, 1.82) is 0 Å². The summed E-state index contributed by atoms with van der Waals surface area (Å²) in [5.74, 6) is 1.34. The standard InChI is InChI=1S/C28H27N3O3S/c1-3-34-23-12-8-19(9-13-23)18-29-31(28-30-25-15-14-24(33-2)17-26(25)35-28)27(32)22-11-10-20-6-4-5-7-21(20)16-22/h8-18H,3-7H2,1-2H3/b29-18+. The van der Waals surface area contributed by atoms with Gasteiger partial charge in [-0.3, -0.25) is 4.79 Å². The van der Waals surface area contributed by atoms with Crippen LogP contribution in [0.3, 0.4) is 0 Å². The summed E-state index contributed by atoms with van der Waals surface area (Å²) in [5.41, 5.74) is 4.87. The molecule has 0 atom stereocenters. The summed E-state index contributed by atoms with van der Waals surface area (Å²) in [6.45, 7) is 2.56. The lowest BCUT2D eigenvalue weighted by atomic mass is 9.90. The minimum Gasteiger partial charge on any atom is -0.497 e. The number of nitrogens with zero attached hydrogens (tertiary/aromatic N) is 3. The average molecular weight is 486 g/mol. The van der Waals surface area contributed by atoms with Crippen LogP contribution in [0.1, 0.15) is 46.8 Å². The summed E-state index contributed by atoms with van der Waals surface area (Å²) in [6, 6.07) is 19.3. The van der Waals surface area contributed by atoms with E-state index in [1.165, 1.54) is 33.9 Å². The second-order valence-electron chi connectivity index (χ2n) is 8.38. The summed E-state index contributed by atoms with van der Waals surface area (Å²) >= 11 is 1.41. The molecule has 0 fully saturated rings. The third kappa shape index (κ3) is 5.05. The maximum atomic E-state index is 13.7. The molecular weight excluding hydrogens is 458 g/mol. The Morgan fingerprint density at radius 3 is 2.57 bits per heavy atom. The molecule has 1 amide bonds. The second-order valence-corrected chi connectivity index (χ2v) is 9.39. The van der Waals surface area contributed by atoms with Gasteiger partial charge in [0, 0.05) is 5.56 Å². The number of carbonyl (C=O) groups is 1. The fourth-order valence-corrected chi connectivity index (χ4v) is 5.18. The van der Waals surface area contributed by atoms with Gasteiger partial charge in [-0.2, -0.15) is 10.1 Å². The number of aromatic nitrogens is 1. The van der Waals surface area contributed by atoms with Gasteiger partial charge in [-0.15, -0.1) is 0 Å². The number of fused-ring (bicyclic) bond motifs is 2. The smallest absolute Gasteiger partial charge is 0.280 e. The number of carbonyl (C=O) groups excluding carboxylic acids is 1. The molecule has 0 spiro atoms. The predicted octanol–water partition coefficient (Wildman–Crippen LogP) is 6.26. The zero-order valence-corrected chi connectivity index (χ0v) is 20.7. The molecule has 0 saturated heterocycles. The van der Waals surface area contributed by atoms with E-state index in [0.717, 1.165) is 46.5 Å². The lowest BCUT2D eigenvalue weighted by molar-refractivity contribution is 0.0987. The minimum absolute atomic E-state index is 0.202. The molecule has 0 radical (unpaired) electrons.